The molecule has 0 fully saturated rings. The SMILES string of the molecule is Cc1ccc(S(=O)(=O)N(CC(=O)N2c3ccc(Br)cc3CC2C)Cc2ccccc2)cc1. The molecule has 0 aromatic heterocycles. The van der Waals surface area contributed by atoms with Gasteiger partial charge in [0.05, 0.1) is 11.4 Å². The van der Waals surface area contributed by atoms with E-state index in [0.29, 0.717) is 0 Å². The summed E-state index contributed by atoms with van der Waals surface area (Å²) in [6.07, 6.45) is 0.740. The van der Waals surface area contributed by atoms with Crippen molar-refractivity contribution in [3.8, 4) is 0 Å². The molecule has 1 unspecified atom stereocenters. The summed E-state index contributed by atoms with van der Waals surface area (Å²) in [5, 5.41) is 0. The first-order chi connectivity index (χ1) is 15.3. The molecule has 4 rings (SSSR count). The van der Waals surface area contributed by atoms with Gasteiger partial charge in [-0.05, 0) is 61.7 Å². The van der Waals surface area contributed by atoms with Crippen molar-refractivity contribution in [1.29, 1.82) is 0 Å². The number of fused-ring (bicyclic) bond motifs is 1. The molecule has 3 aromatic carbocycles. The van der Waals surface area contributed by atoms with Crippen LogP contribution in [0.1, 0.15) is 23.6 Å². The van der Waals surface area contributed by atoms with Gasteiger partial charge < -0.3 is 4.90 Å². The summed E-state index contributed by atoms with van der Waals surface area (Å²) in [7, 11) is -3.86. The number of carbonyl (C=O) groups excluding carboxylic acids is 1. The van der Waals surface area contributed by atoms with Crippen molar-refractivity contribution in [3.63, 3.8) is 0 Å². The quantitative estimate of drug-likeness (QED) is 0.470. The number of aryl methyl sites for hydroxylation is 1. The molecule has 0 aliphatic carbocycles. The molecule has 0 saturated heterocycles. The number of benzene rings is 3. The minimum Gasteiger partial charge on any atom is -0.308 e. The van der Waals surface area contributed by atoms with Crippen molar-refractivity contribution in [2.75, 3.05) is 11.4 Å². The Hall–Kier alpha value is -2.48. The van der Waals surface area contributed by atoms with Crippen molar-refractivity contribution in [2.24, 2.45) is 0 Å². The van der Waals surface area contributed by atoms with Gasteiger partial charge in [0, 0.05) is 22.7 Å². The summed E-state index contributed by atoms with van der Waals surface area (Å²) >= 11 is 3.49. The lowest BCUT2D eigenvalue weighted by Crippen LogP contribution is -2.44. The van der Waals surface area contributed by atoms with E-state index in [0.717, 1.165) is 33.3 Å². The Kier molecular flexibility index (Phi) is 6.51. The predicted molar refractivity (Wildman–Crippen MR) is 130 cm³/mol. The highest BCUT2D eigenvalue weighted by Gasteiger charge is 2.34. The largest absolute Gasteiger partial charge is 0.308 e. The smallest absolute Gasteiger partial charge is 0.243 e. The van der Waals surface area contributed by atoms with Gasteiger partial charge >= 0.3 is 0 Å². The number of hydrogen-bond acceptors (Lipinski definition) is 3. The minimum atomic E-state index is -3.86. The first-order valence-corrected chi connectivity index (χ1v) is 12.7. The second-order valence-electron chi connectivity index (χ2n) is 8.16. The van der Waals surface area contributed by atoms with Crippen LogP contribution in [-0.4, -0.2) is 31.2 Å². The molecule has 1 heterocycles. The van der Waals surface area contributed by atoms with Gasteiger partial charge in [-0.25, -0.2) is 8.42 Å². The van der Waals surface area contributed by atoms with Crippen LogP contribution in [0.4, 0.5) is 5.69 Å². The molecular formula is C25H25BrN2O3S. The Morgan fingerprint density at radius 2 is 1.75 bits per heavy atom. The fourth-order valence-electron chi connectivity index (χ4n) is 4.08. The van der Waals surface area contributed by atoms with Gasteiger partial charge in [0.1, 0.15) is 0 Å². The number of anilines is 1. The average molecular weight is 513 g/mol. The van der Waals surface area contributed by atoms with Crippen LogP contribution in [0.5, 0.6) is 0 Å². The molecule has 5 nitrogen and oxygen atoms in total. The van der Waals surface area contributed by atoms with Gasteiger partial charge in [0.2, 0.25) is 15.9 Å². The summed E-state index contributed by atoms with van der Waals surface area (Å²) in [6.45, 7) is 3.79. The van der Waals surface area contributed by atoms with E-state index in [9.17, 15) is 13.2 Å². The Labute approximate surface area is 197 Å². The van der Waals surface area contributed by atoms with Crippen molar-refractivity contribution in [1.82, 2.24) is 4.31 Å². The van der Waals surface area contributed by atoms with Gasteiger partial charge in [0.25, 0.3) is 0 Å². The van der Waals surface area contributed by atoms with E-state index in [1.807, 2.05) is 62.4 Å². The molecule has 0 N–H and O–H groups in total. The van der Waals surface area contributed by atoms with E-state index < -0.39 is 10.0 Å². The third-order valence-corrected chi connectivity index (χ3v) is 8.00. The molecule has 1 aliphatic heterocycles. The monoisotopic (exact) mass is 512 g/mol. The number of carbonyl (C=O) groups is 1. The van der Waals surface area contributed by atoms with E-state index in [2.05, 4.69) is 15.9 Å². The summed E-state index contributed by atoms with van der Waals surface area (Å²) in [5.41, 5.74) is 3.73. The zero-order valence-corrected chi connectivity index (χ0v) is 20.4. The van der Waals surface area contributed by atoms with Gasteiger partial charge in [0.15, 0.2) is 0 Å². The molecule has 3 aromatic rings. The first-order valence-electron chi connectivity index (χ1n) is 10.5. The van der Waals surface area contributed by atoms with Crippen LogP contribution in [-0.2, 0) is 27.8 Å². The van der Waals surface area contributed by atoms with E-state index >= 15 is 0 Å². The van der Waals surface area contributed by atoms with Crippen molar-refractivity contribution >= 4 is 37.5 Å². The first kappa shape index (κ1) is 22.7. The number of rotatable bonds is 6. The van der Waals surface area contributed by atoms with Crippen LogP contribution < -0.4 is 4.90 Å². The summed E-state index contributed by atoms with van der Waals surface area (Å²) in [5.74, 6) is -0.231. The fourth-order valence-corrected chi connectivity index (χ4v) is 5.87. The van der Waals surface area contributed by atoms with E-state index in [4.69, 9.17) is 0 Å². The molecule has 166 valence electrons. The van der Waals surface area contributed by atoms with Crippen molar-refractivity contribution < 1.29 is 13.2 Å². The van der Waals surface area contributed by atoms with Crippen LogP contribution in [0.3, 0.4) is 0 Å². The molecule has 1 aliphatic rings. The zero-order chi connectivity index (χ0) is 22.9. The van der Waals surface area contributed by atoms with Gasteiger partial charge in [-0.1, -0.05) is 64.0 Å². The Bertz CT molecular complexity index is 1230. The number of amides is 1. The normalized spacial score (nSPS) is 15.8. The minimum absolute atomic E-state index is 0.0348. The highest BCUT2D eigenvalue weighted by Crippen LogP contribution is 2.34. The van der Waals surface area contributed by atoms with Gasteiger partial charge in [-0.2, -0.15) is 4.31 Å². The lowest BCUT2D eigenvalue weighted by molar-refractivity contribution is -0.119. The third kappa shape index (κ3) is 4.65. The number of hydrogen-bond donors (Lipinski definition) is 0. The van der Waals surface area contributed by atoms with Crippen molar-refractivity contribution in [3.05, 3.63) is 94.0 Å². The third-order valence-electron chi connectivity index (χ3n) is 5.70. The van der Waals surface area contributed by atoms with Crippen LogP contribution in [0.25, 0.3) is 0 Å². The topological polar surface area (TPSA) is 57.7 Å². The van der Waals surface area contributed by atoms with Gasteiger partial charge in [-0.3, -0.25) is 4.79 Å². The molecule has 0 saturated carbocycles. The van der Waals surface area contributed by atoms with Crippen LogP contribution >= 0.6 is 15.9 Å². The maximum atomic E-state index is 13.5. The summed E-state index contributed by atoms with van der Waals surface area (Å²) in [4.78, 5) is 15.4. The molecule has 32 heavy (non-hydrogen) atoms. The highest BCUT2D eigenvalue weighted by atomic mass is 79.9. The number of halogens is 1. The molecule has 7 heteroatoms. The molecule has 1 atom stereocenters. The van der Waals surface area contributed by atoms with Gasteiger partial charge in [-0.15, -0.1) is 0 Å². The summed E-state index contributed by atoms with van der Waals surface area (Å²) in [6, 6.07) is 21.9. The Balaban J connectivity index is 1.66. The van der Waals surface area contributed by atoms with E-state index in [1.165, 1.54) is 4.31 Å². The van der Waals surface area contributed by atoms with Crippen LogP contribution in [0.15, 0.2) is 82.2 Å². The molecular weight excluding hydrogens is 488 g/mol. The second kappa shape index (κ2) is 9.17. The van der Waals surface area contributed by atoms with E-state index in [-0.39, 0.29) is 29.9 Å². The second-order valence-corrected chi connectivity index (χ2v) is 11.0. The van der Waals surface area contributed by atoms with Crippen LogP contribution in [0, 0.1) is 6.92 Å². The Morgan fingerprint density at radius 1 is 1.06 bits per heavy atom. The lowest BCUT2D eigenvalue weighted by atomic mass is 10.1. The fraction of sp³-hybridized carbons (Fsp3) is 0.240. The average Bonchev–Trinajstić information content (AvgIpc) is 3.09. The predicted octanol–water partition coefficient (Wildman–Crippen LogP) is 4.93. The molecule has 0 radical (unpaired) electrons. The zero-order valence-electron chi connectivity index (χ0n) is 18.0. The number of nitrogens with zero attached hydrogens (tertiary/aromatic N) is 2. The lowest BCUT2D eigenvalue weighted by Gasteiger charge is -2.27. The van der Waals surface area contributed by atoms with E-state index in [1.54, 1.807) is 29.2 Å². The van der Waals surface area contributed by atoms with Crippen LogP contribution in [0.2, 0.25) is 0 Å². The highest BCUT2D eigenvalue weighted by molar-refractivity contribution is 9.10. The van der Waals surface area contributed by atoms with Crippen molar-refractivity contribution in [2.45, 2.75) is 37.8 Å². The molecule has 0 spiro atoms. The Morgan fingerprint density at radius 3 is 2.44 bits per heavy atom. The molecule has 0 bridgehead atoms. The standard InChI is InChI=1S/C25H25BrN2O3S/c1-18-8-11-23(12-9-18)32(30,31)27(16-20-6-4-3-5-7-20)17-25(29)28-19(2)14-21-15-22(26)10-13-24(21)28/h3-13,15,19H,14,16-17H2,1-2H3. The maximum Gasteiger partial charge on any atom is 0.243 e. The molecule has 1 amide bonds. The number of sulfonamides is 1. The maximum absolute atomic E-state index is 13.5. The summed E-state index contributed by atoms with van der Waals surface area (Å²) < 4.78 is 29.3.